The lowest BCUT2D eigenvalue weighted by molar-refractivity contribution is -0.137. The van der Waals surface area contributed by atoms with Gasteiger partial charge < -0.3 is 15.7 Å². The third-order valence-corrected chi connectivity index (χ3v) is 5.98. The van der Waals surface area contributed by atoms with Crippen LogP contribution in [0, 0.1) is 11.6 Å². The van der Waals surface area contributed by atoms with E-state index in [1.807, 2.05) is 49.4 Å². The summed E-state index contributed by atoms with van der Waals surface area (Å²) in [4.78, 5) is 24.4. The van der Waals surface area contributed by atoms with E-state index in [2.05, 4.69) is 10.6 Å². The van der Waals surface area contributed by atoms with Crippen LogP contribution in [0.5, 0.6) is 0 Å². The Morgan fingerprint density at radius 3 is 2.36 bits per heavy atom. The predicted molar refractivity (Wildman–Crippen MR) is 136 cm³/mol. The summed E-state index contributed by atoms with van der Waals surface area (Å²) in [6.07, 6.45) is 0.749. The highest BCUT2D eigenvalue weighted by Crippen LogP contribution is 2.26. The topological polar surface area (TPSA) is 78.4 Å². The smallest absolute Gasteiger partial charge is 0.303 e. The molecule has 0 aliphatic rings. The lowest BCUT2D eigenvalue weighted by atomic mass is 9.97. The van der Waals surface area contributed by atoms with Gasteiger partial charge in [0.25, 0.3) is 5.91 Å². The summed E-state index contributed by atoms with van der Waals surface area (Å²) in [5.74, 6) is -2.67. The van der Waals surface area contributed by atoms with Gasteiger partial charge in [-0.1, -0.05) is 48.5 Å². The van der Waals surface area contributed by atoms with Gasteiger partial charge in [0.15, 0.2) is 0 Å². The third-order valence-electron chi connectivity index (χ3n) is 5.98. The van der Waals surface area contributed by atoms with E-state index in [4.69, 9.17) is 5.11 Å². The van der Waals surface area contributed by atoms with Gasteiger partial charge in [0, 0.05) is 29.4 Å². The zero-order valence-corrected chi connectivity index (χ0v) is 19.7. The maximum absolute atomic E-state index is 13.6. The Labute approximate surface area is 207 Å². The quantitative estimate of drug-likeness (QED) is 0.243. The molecular formula is C29H26F2N2O3. The van der Waals surface area contributed by atoms with Crippen LogP contribution in [-0.2, 0) is 11.2 Å². The van der Waals surface area contributed by atoms with Crippen molar-refractivity contribution in [3.05, 3.63) is 107 Å². The summed E-state index contributed by atoms with van der Waals surface area (Å²) in [5.41, 5.74) is 2.72. The predicted octanol–water partition coefficient (Wildman–Crippen LogP) is 6.76. The van der Waals surface area contributed by atoms with E-state index in [1.165, 1.54) is 0 Å². The van der Waals surface area contributed by atoms with Crippen molar-refractivity contribution in [2.45, 2.75) is 32.2 Å². The number of carboxylic acids is 1. The summed E-state index contributed by atoms with van der Waals surface area (Å²) in [6, 6.07) is 21.7. The lowest BCUT2D eigenvalue weighted by Crippen LogP contribution is -2.28. The first kappa shape index (κ1) is 24.9. The molecule has 0 aliphatic carbocycles. The first-order chi connectivity index (χ1) is 17.3. The van der Waals surface area contributed by atoms with Gasteiger partial charge in [0.1, 0.15) is 11.6 Å². The third kappa shape index (κ3) is 6.05. The first-order valence-electron chi connectivity index (χ1n) is 11.7. The van der Waals surface area contributed by atoms with Crippen molar-refractivity contribution in [3.63, 3.8) is 0 Å². The minimum atomic E-state index is -0.906. The number of carbonyl (C=O) groups is 2. The van der Waals surface area contributed by atoms with E-state index in [1.54, 1.807) is 18.2 Å². The molecule has 184 valence electrons. The standard InChI is InChI=1S/C29H26F2N2O3/c1-18(25-10-4-7-19-6-2-3-9-26(19)25)32-29(36)27-17-23(13-12-20(27)8-5-11-28(34)35)33-24-15-21(30)14-22(31)16-24/h2-4,6-7,9-10,12-18,33H,5,8,11H2,1H3,(H,32,36)(H,34,35). The maximum atomic E-state index is 13.6. The van der Waals surface area contributed by atoms with Gasteiger partial charge in [-0.3, -0.25) is 9.59 Å². The molecule has 0 spiro atoms. The van der Waals surface area contributed by atoms with Crippen LogP contribution in [0.4, 0.5) is 20.2 Å². The van der Waals surface area contributed by atoms with E-state index >= 15 is 0 Å². The zero-order chi connectivity index (χ0) is 25.7. The molecule has 4 aromatic carbocycles. The highest BCUT2D eigenvalue weighted by molar-refractivity contribution is 5.97. The van der Waals surface area contributed by atoms with Crippen LogP contribution in [0.2, 0.25) is 0 Å². The van der Waals surface area contributed by atoms with Gasteiger partial charge in [-0.2, -0.15) is 0 Å². The molecule has 0 heterocycles. The van der Waals surface area contributed by atoms with Crippen molar-refractivity contribution in [3.8, 4) is 0 Å². The van der Waals surface area contributed by atoms with Gasteiger partial charge >= 0.3 is 5.97 Å². The van der Waals surface area contributed by atoms with E-state index in [0.29, 0.717) is 29.7 Å². The molecule has 1 unspecified atom stereocenters. The van der Waals surface area contributed by atoms with Gasteiger partial charge in [-0.05, 0) is 65.9 Å². The van der Waals surface area contributed by atoms with Crippen LogP contribution in [-0.4, -0.2) is 17.0 Å². The fourth-order valence-electron chi connectivity index (χ4n) is 4.29. The van der Waals surface area contributed by atoms with Gasteiger partial charge in [-0.15, -0.1) is 0 Å². The van der Waals surface area contributed by atoms with Crippen molar-refractivity contribution in [2.24, 2.45) is 0 Å². The number of carboxylic acid groups (broad SMARTS) is 1. The summed E-state index contributed by atoms with van der Waals surface area (Å²) in [5, 5.41) is 17.1. The highest BCUT2D eigenvalue weighted by atomic mass is 19.1. The fraction of sp³-hybridized carbons (Fsp3) is 0.172. The largest absolute Gasteiger partial charge is 0.481 e. The molecule has 1 atom stereocenters. The highest BCUT2D eigenvalue weighted by Gasteiger charge is 2.18. The summed E-state index contributed by atoms with van der Waals surface area (Å²) >= 11 is 0. The SMILES string of the molecule is CC(NC(=O)c1cc(Nc2cc(F)cc(F)c2)ccc1CCCC(=O)O)c1cccc2ccccc12. The lowest BCUT2D eigenvalue weighted by Gasteiger charge is -2.19. The van der Waals surface area contributed by atoms with Crippen molar-refractivity contribution < 1.29 is 23.5 Å². The number of aliphatic carboxylic acids is 1. The molecule has 0 aromatic heterocycles. The average Bonchev–Trinajstić information content (AvgIpc) is 2.83. The molecule has 0 aliphatic heterocycles. The number of benzene rings is 4. The minimum Gasteiger partial charge on any atom is -0.481 e. The molecule has 36 heavy (non-hydrogen) atoms. The number of nitrogens with one attached hydrogen (secondary N) is 2. The fourth-order valence-corrected chi connectivity index (χ4v) is 4.29. The Bertz CT molecular complexity index is 1400. The second-order valence-electron chi connectivity index (χ2n) is 8.67. The molecule has 4 aromatic rings. The number of carbonyl (C=O) groups excluding carboxylic acids is 1. The molecule has 0 saturated heterocycles. The molecule has 5 nitrogen and oxygen atoms in total. The monoisotopic (exact) mass is 488 g/mol. The molecule has 0 fully saturated rings. The van der Waals surface area contributed by atoms with Crippen LogP contribution in [0.1, 0.15) is 47.3 Å². The van der Waals surface area contributed by atoms with Crippen LogP contribution in [0.15, 0.2) is 78.9 Å². The molecule has 3 N–H and O–H groups in total. The number of hydrogen-bond acceptors (Lipinski definition) is 3. The summed E-state index contributed by atoms with van der Waals surface area (Å²) in [6.45, 7) is 1.90. The summed E-state index contributed by atoms with van der Waals surface area (Å²) in [7, 11) is 0. The molecular weight excluding hydrogens is 462 g/mol. The molecule has 1 amide bonds. The Balaban J connectivity index is 1.62. The number of aryl methyl sites for hydroxylation is 1. The molecule has 7 heteroatoms. The van der Waals surface area contributed by atoms with Crippen LogP contribution in [0.25, 0.3) is 10.8 Å². The van der Waals surface area contributed by atoms with E-state index in [-0.39, 0.29) is 24.1 Å². The second-order valence-corrected chi connectivity index (χ2v) is 8.67. The normalized spacial score (nSPS) is 11.8. The van der Waals surface area contributed by atoms with E-state index in [9.17, 15) is 18.4 Å². The number of halogens is 2. The molecule has 0 saturated carbocycles. The Morgan fingerprint density at radius 2 is 1.61 bits per heavy atom. The van der Waals surface area contributed by atoms with Crippen molar-refractivity contribution in [1.29, 1.82) is 0 Å². The number of amides is 1. The molecule has 0 radical (unpaired) electrons. The van der Waals surface area contributed by atoms with Crippen LogP contribution in [0.3, 0.4) is 0 Å². The summed E-state index contributed by atoms with van der Waals surface area (Å²) < 4.78 is 27.3. The van der Waals surface area contributed by atoms with E-state index in [0.717, 1.165) is 34.5 Å². The molecule has 4 rings (SSSR count). The minimum absolute atomic E-state index is 0.0178. The maximum Gasteiger partial charge on any atom is 0.303 e. The Hall–Kier alpha value is -4.26. The second kappa shape index (κ2) is 11.0. The van der Waals surface area contributed by atoms with Gasteiger partial charge in [0.05, 0.1) is 6.04 Å². The van der Waals surface area contributed by atoms with E-state index < -0.39 is 17.6 Å². The van der Waals surface area contributed by atoms with Crippen LogP contribution >= 0.6 is 0 Å². The first-order valence-corrected chi connectivity index (χ1v) is 11.7. The van der Waals surface area contributed by atoms with Gasteiger partial charge in [0.2, 0.25) is 0 Å². The van der Waals surface area contributed by atoms with Crippen molar-refractivity contribution >= 4 is 34.0 Å². The Kier molecular flexibility index (Phi) is 7.59. The Morgan fingerprint density at radius 1 is 0.889 bits per heavy atom. The molecule has 0 bridgehead atoms. The van der Waals surface area contributed by atoms with Crippen LogP contribution < -0.4 is 10.6 Å². The number of anilines is 2. The number of fused-ring (bicyclic) bond motifs is 1. The van der Waals surface area contributed by atoms with Crippen molar-refractivity contribution in [2.75, 3.05) is 5.32 Å². The average molecular weight is 489 g/mol. The zero-order valence-electron chi connectivity index (χ0n) is 19.7. The van der Waals surface area contributed by atoms with Gasteiger partial charge in [-0.25, -0.2) is 8.78 Å². The number of hydrogen-bond donors (Lipinski definition) is 3. The number of rotatable bonds is 9. The van der Waals surface area contributed by atoms with Crippen molar-refractivity contribution in [1.82, 2.24) is 5.32 Å².